The molecule has 0 heterocycles. The van der Waals surface area contributed by atoms with E-state index < -0.39 is 0 Å². The number of benzene rings is 2. The summed E-state index contributed by atoms with van der Waals surface area (Å²) in [6.07, 6.45) is 7.02. The lowest BCUT2D eigenvalue weighted by atomic mass is 10.1. The van der Waals surface area contributed by atoms with Gasteiger partial charge in [0.1, 0.15) is 0 Å². The van der Waals surface area contributed by atoms with Gasteiger partial charge in [0, 0.05) is 0 Å². The standard InChI is InChI=1S/C25H38N2O3/c1-28-23-14-13-22(24(29-2)25(23)30-3)16-20-27-18-10-5-4-9-17-26-19-15-21-11-7-6-8-12-21/h6-8,11-14,26-27H,4-5,9-10,15-20H2,1-3H3. The molecule has 0 spiro atoms. The number of hydrogen-bond acceptors (Lipinski definition) is 5. The van der Waals surface area contributed by atoms with Gasteiger partial charge in [-0.05, 0) is 69.1 Å². The van der Waals surface area contributed by atoms with Gasteiger partial charge in [0.2, 0.25) is 5.75 Å². The normalized spacial score (nSPS) is 10.8. The molecule has 2 N–H and O–H groups in total. The Morgan fingerprint density at radius 3 is 1.83 bits per heavy atom. The molecule has 0 amide bonds. The van der Waals surface area contributed by atoms with Crippen molar-refractivity contribution in [2.24, 2.45) is 0 Å². The van der Waals surface area contributed by atoms with Gasteiger partial charge in [-0.15, -0.1) is 0 Å². The van der Waals surface area contributed by atoms with Gasteiger partial charge >= 0.3 is 0 Å². The highest BCUT2D eigenvalue weighted by Crippen LogP contribution is 2.39. The SMILES string of the molecule is COc1ccc(CCNCCCCCCNCCc2ccccc2)c(OC)c1OC. The topological polar surface area (TPSA) is 51.8 Å². The zero-order valence-electron chi connectivity index (χ0n) is 18.8. The first-order valence-corrected chi connectivity index (χ1v) is 11.0. The molecule has 0 aliphatic heterocycles. The second-order valence-corrected chi connectivity index (χ2v) is 7.39. The monoisotopic (exact) mass is 414 g/mol. The summed E-state index contributed by atoms with van der Waals surface area (Å²) < 4.78 is 16.3. The second kappa shape index (κ2) is 14.7. The third kappa shape index (κ3) is 8.25. The molecule has 30 heavy (non-hydrogen) atoms. The first-order valence-electron chi connectivity index (χ1n) is 11.0. The third-order valence-corrected chi connectivity index (χ3v) is 5.25. The van der Waals surface area contributed by atoms with Crippen LogP contribution in [0, 0.1) is 0 Å². The van der Waals surface area contributed by atoms with Gasteiger partial charge < -0.3 is 24.8 Å². The van der Waals surface area contributed by atoms with Crippen molar-refractivity contribution < 1.29 is 14.2 Å². The van der Waals surface area contributed by atoms with Gasteiger partial charge in [-0.3, -0.25) is 0 Å². The van der Waals surface area contributed by atoms with Gasteiger partial charge in [0.25, 0.3) is 0 Å². The highest BCUT2D eigenvalue weighted by molar-refractivity contribution is 5.55. The Labute approximate surface area is 182 Å². The summed E-state index contributed by atoms with van der Waals surface area (Å²) in [6.45, 7) is 4.15. The van der Waals surface area contributed by atoms with Crippen molar-refractivity contribution in [3.8, 4) is 17.2 Å². The van der Waals surface area contributed by atoms with Crippen LogP contribution in [0.25, 0.3) is 0 Å². The smallest absolute Gasteiger partial charge is 0.203 e. The van der Waals surface area contributed by atoms with Crippen LogP contribution in [0.4, 0.5) is 0 Å². The highest BCUT2D eigenvalue weighted by atomic mass is 16.5. The van der Waals surface area contributed by atoms with Crippen LogP contribution in [0.15, 0.2) is 42.5 Å². The van der Waals surface area contributed by atoms with Crippen molar-refractivity contribution in [1.29, 1.82) is 0 Å². The minimum absolute atomic E-state index is 0.662. The third-order valence-electron chi connectivity index (χ3n) is 5.25. The first kappa shape index (κ1) is 24.0. The molecular weight excluding hydrogens is 376 g/mol. The van der Waals surface area contributed by atoms with E-state index in [0.717, 1.165) is 50.3 Å². The van der Waals surface area contributed by atoms with Crippen LogP contribution in [0.5, 0.6) is 17.2 Å². The van der Waals surface area contributed by atoms with Crippen molar-refractivity contribution in [2.75, 3.05) is 47.5 Å². The second-order valence-electron chi connectivity index (χ2n) is 7.39. The van der Waals surface area contributed by atoms with Crippen molar-refractivity contribution in [1.82, 2.24) is 10.6 Å². The lowest BCUT2D eigenvalue weighted by Gasteiger charge is -2.16. The summed E-state index contributed by atoms with van der Waals surface area (Å²) in [4.78, 5) is 0. The molecule has 5 nitrogen and oxygen atoms in total. The average molecular weight is 415 g/mol. The summed E-state index contributed by atoms with van der Waals surface area (Å²) >= 11 is 0. The number of nitrogens with one attached hydrogen (secondary N) is 2. The fraction of sp³-hybridized carbons (Fsp3) is 0.520. The Kier molecular flexibility index (Phi) is 11.8. The molecule has 0 radical (unpaired) electrons. The molecule has 166 valence electrons. The Hall–Kier alpha value is -2.24. The van der Waals surface area contributed by atoms with E-state index in [-0.39, 0.29) is 0 Å². The van der Waals surface area contributed by atoms with Crippen molar-refractivity contribution in [2.45, 2.75) is 38.5 Å². The molecule has 0 saturated carbocycles. The lowest BCUT2D eigenvalue weighted by Crippen LogP contribution is -2.19. The van der Waals surface area contributed by atoms with E-state index in [9.17, 15) is 0 Å². The van der Waals surface area contributed by atoms with Gasteiger partial charge in [-0.25, -0.2) is 0 Å². The fourth-order valence-electron chi connectivity index (χ4n) is 3.56. The molecule has 2 rings (SSSR count). The Balaban J connectivity index is 1.49. The molecular formula is C25H38N2O3. The molecule has 0 unspecified atom stereocenters. The van der Waals surface area contributed by atoms with Crippen LogP contribution in [0.3, 0.4) is 0 Å². The lowest BCUT2D eigenvalue weighted by molar-refractivity contribution is 0.322. The van der Waals surface area contributed by atoms with Crippen molar-refractivity contribution >= 4 is 0 Å². The Morgan fingerprint density at radius 1 is 0.600 bits per heavy atom. The molecule has 2 aromatic carbocycles. The predicted octanol–water partition coefficient (Wildman–Crippen LogP) is 4.24. The summed E-state index contributed by atoms with van der Waals surface area (Å²) in [7, 11) is 4.95. The Bertz CT molecular complexity index is 707. The highest BCUT2D eigenvalue weighted by Gasteiger charge is 2.15. The quantitative estimate of drug-likeness (QED) is 0.403. The first-order chi connectivity index (χ1) is 14.8. The van der Waals surface area contributed by atoms with E-state index in [1.807, 2.05) is 12.1 Å². The number of unbranched alkanes of at least 4 members (excludes halogenated alkanes) is 3. The number of methoxy groups -OCH3 is 3. The van der Waals surface area contributed by atoms with E-state index in [1.54, 1.807) is 21.3 Å². The van der Waals surface area contributed by atoms with Crippen LogP contribution in [-0.2, 0) is 12.8 Å². The Morgan fingerprint density at radius 2 is 1.23 bits per heavy atom. The molecule has 0 saturated heterocycles. The number of rotatable bonds is 16. The minimum Gasteiger partial charge on any atom is -0.493 e. The summed E-state index contributed by atoms with van der Waals surface area (Å²) in [5, 5.41) is 7.08. The number of ether oxygens (including phenoxy) is 3. The maximum Gasteiger partial charge on any atom is 0.203 e. The van der Waals surface area contributed by atoms with Crippen LogP contribution in [-0.4, -0.2) is 47.5 Å². The minimum atomic E-state index is 0.662. The number of hydrogen-bond donors (Lipinski definition) is 2. The van der Waals surface area contributed by atoms with Crippen LogP contribution in [0.2, 0.25) is 0 Å². The van der Waals surface area contributed by atoms with Crippen molar-refractivity contribution in [3.05, 3.63) is 53.6 Å². The van der Waals surface area contributed by atoms with E-state index in [2.05, 4.69) is 41.0 Å². The molecule has 0 aliphatic rings. The largest absolute Gasteiger partial charge is 0.493 e. The maximum atomic E-state index is 5.55. The molecule has 0 fully saturated rings. The molecule has 0 atom stereocenters. The van der Waals surface area contributed by atoms with Crippen LogP contribution < -0.4 is 24.8 Å². The fourth-order valence-corrected chi connectivity index (χ4v) is 3.56. The molecule has 5 heteroatoms. The average Bonchev–Trinajstić information content (AvgIpc) is 2.79. The van der Waals surface area contributed by atoms with E-state index in [4.69, 9.17) is 14.2 Å². The zero-order valence-corrected chi connectivity index (χ0v) is 18.8. The van der Waals surface area contributed by atoms with Gasteiger partial charge in [0.05, 0.1) is 21.3 Å². The van der Waals surface area contributed by atoms with E-state index >= 15 is 0 Å². The van der Waals surface area contributed by atoms with E-state index in [0.29, 0.717) is 11.5 Å². The zero-order chi connectivity index (χ0) is 21.4. The summed E-state index contributed by atoms with van der Waals surface area (Å²) in [5.41, 5.74) is 2.53. The van der Waals surface area contributed by atoms with Crippen molar-refractivity contribution in [3.63, 3.8) is 0 Å². The molecule has 0 bridgehead atoms. The summed E-state index contributed by atoms with van der Waals surface area (Å²) in [5.74, 6) is 2.12. The summed E-state index contributed by atoms with van der Waals surface area (Å²) in [6, 6.07) is 14.6. The molecule has 2 aromatic rings. The van der Waals surface area contributed by atoms with Gasteiger partial charge in [-0.2, -0.15) is 0 Å². The van der Waals surface area contributed by atoms with Crippen LogP contribution in [0.1, 0.15) is 36.8 Å². The van der Waals surface area contributed by atoms with Crippen LogP contribution >= 0.6 is 0 Å². The van der Waals surface area contributed by atoms with Gasteiger partial charge in [0.15, 0.2) is 11.5 Å². The maximum absolute atomic E-state index is 5.55. The van der Waals surface area contributed by atoms with Gasteiger partial charge in [-0.1, -0.05) is 49.2 Å². The molecule has 0 aliphatic carbocycles. The predicted molar refractivity (Wildman–Crippen MR) is 124 cm³/mol. The molecule has 0 aromatic heterocycles. The van der Waals surface area contributed by atoms with E-state index in [1.165, 1.54) is 31.2 Å².